The van der Waals surface area contributed by atoms with Gasteiger partial charge in [0.05, 0.1) is 18.4 Å². The van der Waals surface area contributed by atoms with Crippen molar-refractivity contribution in [2.24, 2.45) is 23.7 Å². The Kier molecular flexibility index (Phi) is 3.69. The van der Waals surface area contributed by atoms with Gasteiger partial charge in [-0.05, 0) is 23.8 Å². The monoisotopic (exact) mass is 326 g/mol. The molecular formula is C18H18N2O4. The predicted molar refractivity (Wildman–Crippen MR) is 83.8 cm³/mol. The molecule has 0 aromatic heterocycles. The third-order valence-electron chi connectivity index (χ3n) is 5.13. The first-order valence-electron chi connectivity index (χ1n) is 8.13. The van der Waals surface area contributed by atoms with Crippen LogP contribution in [0.25, 0.3) is 0 Å². The van der Waals surface area contributed by atoms with Gasteiger partial charge in [-0.25, -0.2) is 5.48 Å². The maximum Gasteiger partial charge on any atom is 0.263 e. The highest BCUT2D eigenvalue weighted by Crippen LogP contribution is 2.52. The summed E-state index contributed by atoms with van der Waals surface area (Å²) in [6, 6.07) is 9.41. The smallest absolute Gasteiger partial charge is 0.263 e. The van der Waals surface area contributed by atoms with E-state index in [1.165, 1.54) is 0 Å². The van der Waals surface area contributed by atoms with E-state index >= 15 is 0 Å². The van der Waals surface area contributed by atoms with Crippen molar-refractivity contribution >= 4 is 17.7 Å². The Balaban J connectivity index is 1.32. The molecule has 6 nitrogen and oxygen atoms in total. The van der Waals surface area contributed by atoms with Crippen LogP contribution in [0, 0.1) is 23.7 Å². The molecule has 1 aliphatic heterocycles. The van der Waals surface area contributed by atoms with E-state index < -0.39 is 5.91 Å². The highest BCUT2D eigenvalue weighted by Gasteiger charge is 2.59. The number of carbonyl (C=O) groups is 3. The number of imide groups is 1. The molecule has 0 radical (unpaired) electrons. The summed E-state index contributed by atoms with van der Waals surface area (Å²) in [6.07, 6.45) is 4.94. The Morgan fingerprint density at radius 3 is 2.33 bits per heavy atom. The third kappa shape index (κ3) is 2.43. The number of hydrogen-bond acceptors (Lipinski definition) is 4. The summed E-state index contributed by atoms with van der Waals surface area (Å²) in [6.45, 7) is -0.0489. The average molecular weight is 326 g/mol. The van der Waals surface area contributed by atoms with Crippen molar-refractivity contribution in [1.29, 1.82) is 0 Å². The van der Waals surface area contributed by atoms with Crippen molar-refractivity contribution in [3.05, 3.63) is 48.0 Å². The molecule has 4 atom stereocenters. The lowest BCUT2D eigenvalue weighted by molar-refractivity contribution is -0.148. The predicted octanol–water partition coefficient (Wildman–Crippen LogP) is 1.04. The Hall–Kier alpha value is -2.47. The fourth-order valence-corrected chi connectivity index (χ4v) is 4.07. The number of rotatable bonds is 5. The van der Waals surface area contributed by atoms with Crippen molar-refractivity contribution in [3.8, 4) is 0 Å². The SMILES string of the molecule is O=C(CN1C(=O)[C@@H]2[C@H](C1=O)[C@H]1C=C[C@H]2C1)NOCc1ccccc1. The van der Waals surface area contributed by atoms with Crippen LogP contribution in [0.3, 0.4) is 0 Å². The second-order valence-electron chi connectivity index (χ2n) is 6.56. The van der Waals surface area contributed by atoms with Crippen LogP contribution >= 0.6 is 0 Å². The number of likely N-dealkylation sites (tertiary alicyclic amines) is 1. The van der Waals surface area contributed by atoms with Gasteiger partial charge in [0.2, 0.25) is 11.8 Å². The van der Waals surface area contributed by atoms with Gasteiger partial charge in [-0.1, -0.05) is 42.5 Å². The minimum Gasteiger partial charge on any atom is -0.274 e. The van der Waals surface area contributed by atoms with Crippen LogP contribution in [0.1, 0.15) is 12.0 Å². The molecule has 2 bridgehead atoms. The lowest BCUT2D eigenvalue weighted by atomic mass is 9.85. The first-order chi connectivity index (χ1) is 11.6. The van der Waals surface area contributed by atoms with Gasteiger partial charge >= 0.3 is 0 Å². The van der Waals surface area contributed by atoms with Crippen molar-refractivity contribution in [1.82, 2.24) is 10.4 Å². The van der Waals surface area contributed by atoms with Crippen LogP contribution in [0.2, 0.25) is 0 Å². The van der Waals surface area contributed by atoms with Gasteiger partial charge in [-0.15, -0.1) is 0 Å². The Bertz CT molecular complexity index is 685. The molecule has 6 heteroatoms. The van der Waals surface area contributed by atoms with Crippen LogP contribution in [0.15, 0.2) is 42.5 Å². The first kappa shape index (κ1) is 15.1. The summed E-state index contributed by atoms with van der Waals surface area (Å²) in [5, 5.41) is 0. The zero-order valence-corrected chi connectivity index (χ0v) is 13.1. The Labute approximate surface area is 139 Å². The van der Waals surface area contributed by atoms with Crippen LogP contribution < -0.4 is 5.48 Å². The number of hydroxylamine groups is 1. The molecule has 1 saturated carbocycles. The average Bonchev–Trinajstić information content (AvgIpc) is 3.26. The molecular weight excluding hydrogens is 308 g/mol. The molecule has 1 heterocycles. The molecule has 2 aliphatic carbocycles. The fourth-order valence-electron chi connectivity index (χ4n) is 4.07. The van der Waals surface area contributed by atoms with Gasteiger partial charge in [0, 0.05) is 0 Å². The lowest BCUT2D eigenvalue weighted by Crippen LogP contribution is -2.41. The molecule has 4 rings (SSSR count). The standard InChI is InChI=1S/C18H18N2O4/c21-14(19-24-10-11-4-2-1-3-5-11)9-20-17(22)15-12-6-7-13(8-12)16(15)18(20)23/h1-7,12-13,15-16H,8-10H2,(H,19,21)/t12-,13-,15-,16+/m0/s1. The number of allylic oxidation sites excluding steroid dienone is 2. The molecule has 1 saturated heterocycles. The second kappa shape index (κ2) is 5.87. The zero-order chi connectivity index (χ0) is 16.7. The summed E-state index contributed by atoms with van der Waals surface area (Å²) in [5.41, 5.74) is 3.22. The minimum absolute atomic E-state index is 0.152. The van der Waals surface area contributed by atoms with E-state index in [1.807, 2.05) is 42.5 Å². The van der Waals surface area contributed by atoms with Crippen LogP contribution in [-0.2, 0) is 25.8 Å². The van der Waals surface area contributed by atoms with Gasteiger partial charge < -0.3 is 0 Å². The van der Waals surface area contributed by atoms with Crippen LogP contribution in [0.4, 0.5) is 0 Å². The molecule has 0 unspecified atom stereocenters. The van der Waals surface area contributed by atoms with E-state index in [2.05, 4.69) is 5.48 Å². The highest BCUT2D eigenvalue weighted by molar-refractivity contribution is 6.08. The van der Waals surface area contributed by atoms with Gasteiger partial charge in [-0.3, -0.25) is 24.1 Å². The number of hydrogen-bond donors (Lipinski definition) is 1. The number of benzene rings is 1. The Morgan fingerprint density at radius 1 is 1.08 bits per heavy atom. The summed E-state index contributed by atoms with van der Waals surface area (Å²) < 4.78 is 0. The number of nitrogens with zero attached hydrogens (tertiary/aromatic N) is 1. The molecule has 24 heavy (non-hydrogen) atoms. The molecule has 1 aromatic carbocycles. The fraction of sp³-hybridized carbons (Fsp3) is 0.389. The van der Waals surface area contributed by atoms with Crippen LogP contribution in [0.5, 0.6) is 0 Å². The van der Waals surface area contributed by atoms with Crippen LogP contribution in [-0.4, -0.2) is 29.2 Å². The number of nitrogens with one attached hydrogen (secondary N) is 1. The molecule has 124 valence electrons. The van der Waals surface area contributed by atoms with E-state index in [0.717, 1.165) is 16.9 Å². The molecule has 0 spiro atoms. The summed E-state index contributed by atoms with van der Waals surface area (Å²) in [5.74, 6) is -1.18. The third-order valence-corrected chi connectivity index (χ3v) is 5.13. The molecule has 1 N–H and O–H groups in total. The number of amides is 3. The highest BCUT2D eigenvalue weighted by atomic mass is 16.6. The van der Waals surface area contributed by atoms with Gasteiger partial charge in [0.1, 0.15) is 6.54 Å². The maximum absolute atomic E-state index is 12.5. The van der Waals surface area contributed by atoms with E-state index in [4.69, 9.17) is 4.84 Å². The summed E-state index contributed by atoms with van der Waals surface area (Å²) in [7, 11) is 0. The second-order valence-corrected chi connectivity index (χ2v) is 6.56. The molecule has 2 fully saturated rings. The van der Waals surface area contributed by atoms with Crippen molar-refractivity contribution in [3.63, 3.8) is 0 Å². The summed E-state index contributed by atoms with van der Waals surface area (Å²) >= 11 is 0. The largest absolute Gasteiger partial charge is 0.274 e. The topological polar surface area (TPSA) is 75.7 Å². The van der Waals surface area contributed by atoms with E-state index in [0.29, 0.717) is 0 Å². The van der Waals surface area contributed by atoms with Gasteiger partial charge in [0.25, 0.3) is 5.91 Å². The number of carbonyl (C=O) groups excluding carboxylic acids is 3. The summed E-state index contributed by atoms with van der Waals surface area (Å²) in [4.78, 5) is 43.2. The number of fused-ring (bicyclic) bond motifs is 5. The Morgan fingerprint density at radius 2 is 1.71 bits per heavy atom. The zero-order valence-electron chi connectivity index (χ0n) is 13.1. The lowest BCUT2D eigenvalue weighted by Gasteiger charge is -2.16. The maximum atomic E-state index is 12.5. The normalized spacial score (nSPS) is 30.1. The van der Waals surface area contributed by atoms with E-state index in [-0.39, 0.29) is 48.6 Å². The molecule has 3 amide bonds. The first-order valence-corrected chi connectivity index (χ1v) is 8.13. The van der Waals surface area contributed by atoms with Crippen molar-refractivity contribution in [2.45, 2.75) is 13.0 Å². The van der Waals surface area contributed by atoms with Crippen molar-refractivity contribution < 1.29 is 19.2 Å². The molecule has 1 aromatic rings. The molecule has 3 aliphatic rings. The van der Waals surface area contributed by atoms with Gasteiger partial charge in [-0.2, -0.15) is 0 Å². The van der Waals surface area contributed by atoms with E-state index in [1.54, 1.807) is 0 Å². The van der Waals surface area contributed by atoms with Gasteiger partial charge in [0.15, 0.2) is 0 Å². The van der Waals surface area contributed by atoms with Crippen molar-refractivity contribution in [2.75, 3.05) is 6.54 Å². The minimum atomic E-state index is -0.493. The van der Waals surface area contributed by atoms with E-state index in [9.17, 15) is 14.4 Å². The quantitative estimate of drug-likeness (QED) is 0.498.